The van der Waals surface area contributed by atoms with Gasteiger partial charge in [-0.3, -0.25) is 9.48 Å². The van der Waals surface area contributed by atoms with Crippen LogP contribution in [0.2, 0.25) is 0 Å². The van der Waals surface area contributed by atoms with Gasteiger partial charge in [0.15, 0.2) is 12.3 Å². The topological polar surface area (TPSA) is 86.1 Å². The molecule has 1 aliphatic carbocycles. The molecule has 7 nitrogen and oxygen atoms in total. The number of aromatic nitrogens is 3. The number of fused-ring (bicyclic) bond motifs is 1. The van der Waals surface area contributed by atoms with E-state index < -0.39 is 5.97 Å². The first-order valence-electron chi connectivity index (χ1n) is 7.80. The minimum absolute atomic E-state index is 0.220. The second kappa shape index (κ2) is 6.36. The van der Waals surface area contributed by atoms with E-state index in [1.165, 1.54) is 6.20 Å². The van der Waals surface area contributed by atoms with Crippen molar-refractivity contribution in [3.05, 3.63) is 23.5 Å². The summed E-state index contributed by atoms with van der Waals surface area (Å²) in [4.78, 5) is 28.1. The number of amides is 1. The quantitative estimate of drug-likeness (QED) is 0.864. The average Bonchev–Trinajstić information content (AvgIpc) is 3.13. The van der Waals surface area contributed by atoms with Crippen molar-refractivity contribution in [2.24, 2.45) is 7.05 Å². The molecule has 2 aromatic heterocycles. The molecule has 1 saturated carbocycles. The Kier molecular flexibility index (Phi) is 4.27. The molecule has 23 heavy (non-hydrogen) atoms. The molecule has 0 saturated heterocycles. The highest BCUT2D eigenvalue weighted by Gasteiger charge is 2.18. The Morgan fingerprint density at radius 3 is 2.87 bits per heavy atom. The van der Waals surface area contributed by atoms with E-state index in [2.05, 4.69) is 15.4 Å². The van der Waals surface area contributed by atoms with Gasteiger partial charge in [0.2, 0.25) is 0 Å². The molecule has 3 rings (SSSR count). The summed E-state index contributed by atoms with van der Waals surface area (Å²) < 4.78 is 6.74. The summed E-state index contributed by atoms with van der Waals surface area (Å²) in [6, 6.07) is 1.92. The zero-order chi connectivity index (χ0) is 16.4. The van der Waals surface area contributed by atoms with Gasteiger partial charge < -0.3 is 10.1 Å². The van der Waals surface area contributed by atoms with Crippen molar-refractivity contribution in [3.8, 4) is 0 Å². The number of aryl methyl sites for hydroxylation is 2. The summed E-state index contributed by atoms with van der Waals surface area (Å²) in [6.07, 6.45) is 5.73. The van der Waals surface area contributed by atoms with Crippen molar-refractivity contribution < 1.29 is 14.3 Å². The van der Waals surface area contributed by atoms with E-state index >= 15 is 0 Å². The van der Waals surface area contributed by atoms with Crippen LogP contribution in [0.3, 0.4) is 0 Å². The van der Waals surface area contributed by atoms with Gasteiger partial charge in [0.05, 0.1) is 11.3 Å². The Morgan fingerprint density at radius 2 is 2.13 bits per heavy atom. The number of carbonyl (C=O) groups excluding carboxylic acids is 2. The summed E-state index contributed by atoms with van der Waals surface area (Å²) in [5, 5.41) is 7.95. The van der Waals surface area contributed by atoms with Crippen molar-refractivity contribution in [2.45, 2.75) is 38.6 Å². The van der Waals surface area contributed by atoms with Gasteiger partial charge in [-0.1, -0.05) is 12.8 Å². The minimum Gasteiger partial charge on any atom is -0.452 e. The molecule has 0 radical (unpaired) electrons. The van der Waals surface area contributed by atoms with Gasteiger partial charge in [-0.15, -0.1) is 0 Å². The third-order valence-corrected chi connectivity index (χ3v) is 4.15. The zero-order valence-corrected chi connectivity index (χ0v) is 13.3. The largest absolute Gasteiger partial charge is 0.452 e. The van der Waals surface area contributed by atoms with Gasteiger partial charge in [-0.2, -0.15) is 5.10 Å². The molecule has 1 aliphatic rings. The monoisotopic (exact) mass is 316 g/mol. The Bertz CT molecular complexity index is 747. The lowest BCUT2D eigenvalue weighted by Gasteiger charge is -2.11. The molecule has 0 aromatic carbocycles. The van der Waals surface area contributed by atoms with Crippen molar-refractivity contribution in [3.63, 3.8) is 0 Å². The van der Waals surface area contributed by atoms with Crippen molar-refractivity contribution >= 4 is 22.9 Å². The van der Waals surface area contributed by atoms with Gasteiger partial charge in [-0.05, 0) is 25.8 Å². The van der Waals surface area contributed by atoms with Crippen LogP contribution in [0.25, 0.3) is 11.0 Å². The normalized spacial score (nSPS) is 15.0. The van der Waals surface area contributed by atoms with Crippen LogP contribution in [-0.2, 0) is 16.6 Å². The number of nitrogens with zero attached hydrogens (tertiary/aromatic N) is 3. The lowest BCUT2D eigenvalue weighted by Crippen LogP contribution is -2.35. The summed E-state index contributed by atoms with van der Waals surface area (Å²) in [7, 11) is 1.80. The Labute approximate surface area is 134 Å². The molecular weight excluding hydrogens is 296 g/mol. The number of rotatable bonds is 4. The highest BCUT2D eigenvalue weighted by molar-refractivity contribution is 5.94. The summed E-state index contributed by atoms with van der Waals surface area (Å²) >= 11 is 0. The van der Waals surface area contributed by atoms with E-state index in [0.717, 1.165) is 36.8 Å². The second-order valence-electron chi connectivity index (χ2n) is 5.93. The number of esters is 1. The molecular formula is C16H20N4O3. The van der Waals surface area contributed by atoms with Crippen LogP contribution in [0.1, 0.15) is 41.7 Å². The van der Waals surface area contributed by atoms with Crippen LogP contribution in [0, 0.1) is 6.92 Å². The molecule has 0 bridgehead atoms. The van der Waals surface area contributed by atoms with Crippen molar-refractivity contribution in [2.75, 3.05) is 6.61 Å². The van der Waals surface area contributed by atoms with E-state index in [4.69, 9.17) is 4.74 Å². The first kappa shape index (κ1) is 15.5. The van der Waals surface area contributed by atoms with Crippen molar-refractivity contribution in [1.82, 2.24) is 20.1 Å². The molecule has 122 valence electrons. The summed E-state index contributed by atoms with van der Waals surface area (Å²) in [5.74, 6) is -0.805. The van der Waals surface area contributed by atoms with Crippen LogP contribution < -0.4 is 5.32 Å². The Balaban J connectivity index is 1.61. The molecule has 0 unspecified atom stereocenters. The minimum atomic E-state index is -0.552. The summed E-state index contributed by atoms with van der Waals surface area (Å²) in [5.41, 5.74) is 1.82. The molecule has 7 heteroatoms. The molecule has 0 atom stereocenters. The van der Waals surface area contributed by atoms with Crippen molar-refractivity contribution in [1.29, 1.82) is 0 Å². The lowest BCUT2D eigenvalue weighted by molar-refractivity contribution is -0.124. The number of hydrogen-bond acceptors (Lipinski definition) is 5. The van der Waals surface area contributed by atoms with Gasteiger partial charge in [0, 0.05) is 24.7 Å². The maximum atomic E-state index is 12.1. The molecule has 1 fully saturated rings. The van der Waals surface area contributed by atoms with Gasteiger partial charge >= 0.3 is 5.97 Å². The van der Waals surface area contributed by atoms with Crippen LogP contribution in [0.4, 0.5) is 0 Å². The Hall–Kier alpha value is -2.44. The standard InChI is InChI=1S/C16H20N4O3/c1-10-13-7-11(8-17-15(13)20(2)19-10)16(22)23-9-14(21)18-12-5-3-4-6-12/h7-8,12H,3-6,9H2,1-2H3,(H,18,21). The van der Waals surface area contributed by atoms with Crippen LogP contribution in [0.5, 0.6) is 0 Å². The Morgan fingerprint density at radius 1 is 1.39 bits per heavy atom. The maximum Gasteiger partial charge on any atom is 0.340 e. The average molecular weight is 316 g/mol. The number of pyridine rings is 1. The van der Waals surface area contributed by atoms with Crippen LogP contribution in [0.15, 0.2) is 12.3 Å². The van der Waals surface area contributed by atoms with E-state index in [1.54, 1.807) is 17.8 Å². The molecule has 1 amide bonds. The maximum absolute atomic E-state index is 12.1. The first-order chi connectivity index (χ1) is 11.0. The van der Waals surface area contributed by atoms with Gasteiger partial charge in [-0.25, -0.2) is 9.78 Å². The highest BCUT2D eigenvalue weighted by Crippen LogP contribution is 2.18. The smallest absolute Gasteiger partial charge is 0.340 e. The third-order valence-electron chi connectivity index (χ3n) is 4.15. The predicted molar refractivity (Wildman–Crippen MR) is 83.9 cm³/mol. The van der Waals surface area contributed by atoms with Crippen LogP contribution in [-0.4, -0.2) is 39.3 Å². The SMILES string of the molecule is Cc1nn(C)c2ncc(C(=O)OCC(=O)NC3CCCC3)cc12. The highest BCUT2D eigenvalue weighted by atomic mass is 16.5. The number of nitrogens with one attached hydrogen (secondary N) is 1. The fraction of sp³-hybridized carbons (Fsp3) is 0.500. The fourth-order valence-electron chi connectivity index (χ4n) is 2.97. The zero-order valence-electron chi connectivity index (χ0n) is 13.3. The fourth-order valence-corrected chi connectivity index (χ4v) is 2.97. The molecule has 2 heterocycles. The molecule has 1 N–H and O–H groups in total. The van der Waals surface area contributed by atoms with E-state index in [1.807, 2.05) is 6.92 Å². The van der Waals surface area contributed by atoms with Crippen LogP contribution >= 0.6 is 0 Å². The van der Waals surface area contributed by atoms with E-state index in [9.17, 15) is 9.59 Å². The molecule has 2 aromatic rings. The number of hydrogen-bond donors (Lipinski definition) is 1. The lowest BCUT2D eigenvalue weighted by atomic mass is 10.2. The summed E-state index contributed by atoms with van der Waals surface area (Å²) in [6.45, 7) is 1.59. The van der Waals surface area contributed by atoms with E-state index in [0.29, 0.717) is 11.2 Å². The third kappa shape index (κ3) is 3.33. The van der Waals surface area contributed by atoms with Gasteiger partial charge in [0.1, 0.15) is 0 Å². The number of ether oxygens (including phenoxy) is 1. The van der Waals surface area contributed by atoms with E-state index in [-0.39, 0.29) is 18.6 Å². The predicted octanol–water partition coefficient (Wildman–Crippen LogP) is 1.49. The molecule has 0 aliphatic heterocycles. The first-order valence-corrected chi connectivity index (χ1v) is 7.80. The number of carbonyl (C=O) groups is 2. The van der Waals surface area contributed by atoms with Gasteiger partial charge in [0.25, 0.3) is 5.91 Å². The second-order valence-corrected chi connectivity index (χ2v) is 5.93. The molecule has 0 spiro atoms.